The van der Waals surface area contributed by atoms with Gasteiger partial charge in [-0.2, -0.15) is 0 Å². The fourth-order valence-corrected chi connectivity index (χ4v) is 1.81. The molecule has 0 atom stereocenters. The Morgan fingerprint density at radius 1 is 1.33 bits per heavy atom. The molecule has 1 aromatic rings. The molecule has 1 N–H and O–H groups in total. The lowest BCUT2D eigenvalue weighted by molar-refractivity contribution is 0.170. The number of methoxy groups -OCH3 is 1. The highest BCUT2D eigenvalue weighted by Crippen LogP contribution is 2.28. The van der Waals surface area contributed by atoms with Crippen molar-refractivity contribution < 1.29 is 9.53 Å². The van der Waals surface area contributed by atoms with E-state index in [0.717, 1.165) is 12.0 Å². The van der Waals surface area contributed by atoms with Gasteiger partial charge in [-0.05, 0) is 29.9 Å². The Hall–Kier alpha value is -1.51. The molecule has 1 rings (SSSR count). The van der Waals surface area contributed by atoms with Crippen LogP contribution in [0.15, 0.2) is 18.2 Å². The van der Waals surface area contributed by atoms with Crippen LogP contribution in [0.1, 0.15) is 43.9 Å². The van der Waals surface area contributed by atoms with Crippen LogP contribution in [0.5, 0.6) is 0 Å². The third-order valence-electron chi connectivity index (χ3n) is 3.42. The molecule has 0 saturated heterocycles. The maximum Gasteiger partial charge on any atom is 0.407 e. The Morgan fingerprint density at radius 3 is 2.56 bits per heavy atom. The Kier molecular flexibility index (Phi) is 4.76. The van der Waals surface area contributed by atoms with Gasteiger partial charge in [-0.25, -0.2) is 4.79 Å². The Balaban J connectivity index is 2.91. The molecular formula is C15H23NO2. The van der Waals surface area contributed by atoms with Crippen molar-refractivity contribution in [2.24, 2.45) is 0 Å². The molecule has 3 nitrogen and oxygen atoms in total. The predicted molar refractivity (Wildman–Crippen MR) is 73.7 cm³/mol. The Bertz CT molecular complexity index is 425. The minimum Gasteiger partial charge on any atom is -0.453 e. The smallest absolute Gasteiger partial charge is 0.407 e. The Morgan fingerprint density at radius 2 is 2.00 bits per heavy atom. The number of carbonyl (C=O) groups excluding carboxylic acids is 1. The van der Waals surface area contributed by atoms with Gasteiger partial charge >= 0.3 is 6.09 Å². The van der Waals surface area contributed by atoms with Gasteiger partial charge in [0.15, 0.2) is 0 Å². The first-order valence-corrected chi connectivity index (χ1v) is 6.32. The van der Waals surface area contributed by atoms with Gasteiger partial charge in [-0.3, -0.25) is 0 Å². The number of ether oxygens (including phenoxy) is 1. The summed E-state index contributed by atoms with van der Waals surface area (Å²) in [6, 6.07) is 6.46. The van der Waals surface area contributed by atoms with Gasteiger partial charge in [-0.1, -0.05) is 44.5 Å². The average molecular weight is 249 g/mol. The molecule has 0 unspecified atom stereocenters. The second-order valence-corrected chi connectivity index (χ2v) is 5.29. The number of nitrogens with one attached hydrogen (secondary N) is 1. The molecule has 0 heterocycles. The van der Waals surface area contributed by atoms with Crippen LogP contribution in [0.2, 0.25) is 0 Å². The van der Waals surface area contributed by atoms with Crippen molar-refractivity contribution in [3.05, 3.63) is 34.9 Å². The lowest BCUT2D eigenvalue weighted by Gasteiger charge is -2.24. The van der Waals surface area contributed by atoms with Gasteiger partial charge in [0.2, 0.25) is 0 Å². The van der Waals surface area contributed by atoms with E-state index in [4.69, 9.17) is 0 Å². The second-order valence-electron chi connectivity index (χ2n) is 5.29. The molecule has 0 radical (unpaired) electrons. The third kappa shape index (κ3) is 3.76. The largest absolute Gasteiger partial charge is 0.453 e. The van der Waals surface area contributed by atoms with Crippen LogP contribution in [-0.4, -0.2) is 13.2 Å². The Labute approximate surface area is 110 Å². The predicted octanol–water partition coefficient (Wildman–Crippen LogP) is 3.54. The van der Waals surface area contributed by atoms with Gasteiger partial charge < -0.3 is 10.1 Å². The normalized spacial score (nSPS) is 11.2. The standard InChI is InChI=1S/C15H23NO2/c1-6-15(3,4)13-8-11(2)7-12(9-13)10-16-14(17)18-5/h7-9H,6,10H2,1-5H3,(H,16,17). The third-order valence-corrected chi connectivity index (χ3v) is 3.42. The van der Waals surface area contributed by atoms with E-state index in [9.17, 15) is 4.79 Å². The zero-order valence-electron chi connectivity index (χ0n) is 12.0. The molecule has 0 bridgehead atoms. The number of aryl methyl sites for hydroxylation is 1. The van der Waals surface area contributed by atoms with Crippen molar-refractivity contribution in [2.75, 3.05) is 7.11 Å². The fourth-order valence-electron chi connectivity index (χ4n) is 1.81. The van der Waals surface area contributed by atoms with Crippen LogP contribution < -0.4 is 5.32 Å². The highest BCUT2D eigenvalue weighted by molar-refractivity contribution is 5.66. The van der Waals surface area contributed by atoms with E-state index in [1.165, 1.54) is 18.2 Å². The monoisotopic (exact) mass is 249 g/mol. The van der Waals surface area contributed by atoms with Crippen LogP contribution in [0.3, 0.4) is 0 Å². The minimum absolute atomic E-state index is 0.159. The van der Waals surface area contributed by atoms with Crippen LogP contribution in [0.25, 0.3) is 0 Å². The molecule has 100 valence electrons. The highest BCUT2D eigenvalue weighted by Gasteiger charge is 2.18. The molecule has 0 fully saturated rings. The van der Waals surface area contributed by atoms with E-state index in [1.54, 1.807) is 0 Å². The van der Waals surface area contributed by atoms with Crippen LogP contribution >= 0.6 is 0 Å². The summed E-state index contributed by atoms with van der Waals surface area (Å²) >= 11 is 0. The molecular weight excluding hydrogens is 226 g/mol. The average Bonchev–Trinajstić information content (AvgIpc) is 2.35. The molecule has 0 aliphatic carbocycles. The minimum atomic E-state index is -0.396. The summed E-state index contributed by atoms with van der Waals surface area (Å²) in [5.41, 5.74) is 3.80. The van der Waals surface area contributed by atoms with Gasteiger partial charge in [0.1, 0.15) is 0 Å². The van der Waals surface area contributed by atoms with Gasteiger partial charge in [-0.15, -0.1) is 0 Å². The number of hydrogen-bond acceptors (Lipinski definition) is 2. The molecule has 1 amide bonds. The van der Waals surface area contributed by atoms with E-state index in [1.807, 2.05) is 0 Å². The first-order chi connectivity index (χ1) is 8.39. The van der Waals surface area contributed by atoms with E-state index in [0.29, 0.717) is 6.54 Å². The van der Waals surface area contributed by atoms with Crippen molar-refractivity contribution in [1.29, 1.82) is 0 Å². The molecule has 3 heteroatoms. The zero-order valence-corrected chi connectivity index (χ0v) is 12.0. The summed E-state index contributed by atoms with van der Waals surface area (Å²) in [5.74, 6) is 0. The van der Waals surface area contributed by atoms with E-state index in [-0.39, 0.29) is 5.41 Å². The van der Waals surface area contributed by atoms with E-state index < -0.39 is 6.09 Å². The molecule has 18 heavy (non-hydrogen) atoms. The van der Waals surface area contributed by atoms with E-state index >= 15 is 0 Å². The number of alkyl carbamates (subject to hydrolysis) is 1. The number of hydrogen-bond donors (Lipinski definition) is 1. The van der Waals surface area contributed by atoms with Gasteiger partial charge in [0.05, 0.1) is 7.11 Å². The first-order valence-electron chi connectivity index (χ1n) is 6.32. The lowest BCUT2D eigenvalue weighted by atomic mass is 9.81. The number of amides is 1. The highest BCUT2D eigenvalue weighted by atomic mass is 16.5. The second kappa shape index (κ2) is 5.89. The first kappa shape index (κ1) is 14.6. The molecule has 0 aliphatic heterocycles. The fraction of sp³-hybridized carbons (Fsp3) is 0.533. The SMILES string of the molecule is CCC(C)(C)c1cc(C)cc(CNC(=O)OC)c1. The van der Waals surface area contributed by atoms with Crippen LogP contribution in [-0.2, 0) is 16.7 Å². The quantitative estimate of drug-likeness (QED) is 0.886. The maximum atomic E-state index is 11.1. The van der Waals surface area contributed by atoms with Crippen LogP contribution in [0.4, 0.5) is 4.79 Å². The summed E-state index contributed by atoms with van der Waals surface area (Å²) in [6.45, 7) is 9.24. The number of rotatable bonds is 4. The maximum absolute atomic E-state index is 11.1. The molecule has 0 aliphatic rings. The summed E-state index contributed by atoms with van der Waals surface area (Å²) < 4.78 is 4.57. The van der Waals surface area contributed by atoms with Crippen molar-refractivity contribution >= 4 is 6.09 Å². The van der Waals surface area contributed by atoms with Gasteiger partial charge in [0, 0.05) is 6.54 Å². The van der Waals surface area contributed by atoms with Crippen molar-refractivity contribution in [1.82, 2.24) is 5.32 Å². The molecule has 0 spiro atoms. The summed E-state index contributed by atoms with van der Waals surface area (Å²) in [6.07, 6.45) is 0.688. The van der Waals surface area contributed by atoms with E-state index in [2.05, 4.69) is 55.9 Å². The van der Waals surface area contributed by atoms with Crippen LogP contribution in [0, 0.1) is 6.92 Å². The lowest BCUT2D eigenvalue weighted by Crippen LogP contribution is -2.23. The number of benzene rings is 1. The van der Waals surface area contributed by atoms with Crippen molar-refractivity contribution in [3.8, 4) is 0 Å². The van der Waals surface area contributed by atoms with Gasteiger partial charge in [0.25, 0.3) is 0 Å². The zero-order chi connectivity index (χ0) is 13.8. The van der Waals surface area contributed by atoms with Crippen molar-refractivity contribution in [3.63, 3.8) is 0 Å². The number of carbonyl (C=O) groups is 1. The topological polar surface area (TPSA) is 38.3 Å². The summed E-state index contributed by atoms with van der Waals surface area (Å²) in [5, 5.41) is 2.71. The summed E-state index contributed by atoms with van der Waals surface area (Å²) in [7, 11) is 1.37. The molecule has 0 saturated carbocycles. The van der Waals surface area contributed by atoms with Crippen molar-refractivity contribution in [2.45, 2.75) is 46.1 Å². The molecule has 0 aromatic heterocycles. The summed E-state index contributed by atoms with van der Waals surface area (Å²) in [4.78, 5) is 11.1. The molecule has 1 aromatic carbocycles.